The molecule has 0 bridgehead atoms. The van der Waals surface area contributed by atoms with Crippen LogP contribution in [0, 0.1) is 0 Å². The van der Waals surface area contributed by atoms with Crippen LogP contribution in [0.4, 0.5) is 0 Å². The summed E-state index contributed by atoms with van der Waals surface area (Å²) in [7, 11) is 4.20. The molecular weight excluding hydrogens is 286 g/mol. The van der Waals surface area contributed by atoms with Crippen LogP contribution in [0.1, 0.15) is 25.8 Å². The first kappa shape index (κ1) is 18.2. The topological polar surface area (TPSA) is 19.0 Å². The van der Waals surface area contributed by atoms with Gasteiger partial charge < -0.3 is 9.64 Å². The van der Waals surface area contributed by atoms with Gasteiger partial charge in [0.15, 0.2) is 0 Å². The van der Waals surface area contributed by atoms with Gasteiger partial charge in [-0.25, -0.2) is 0 Å². The van der Waals surface area contributed by atoms with E-state index in [0.29, 0.717) is 6.04 Å². The summed E-state index contributed by atoms with van der Waals surface area (Å²) >= 11 is 0. The normalized spacial score (nSPS) is 17.1. The van der Waals surface area contributed by atoms with Crippen LogP contribution in [-0.4, -0.2) is 74.2 Å². The molecule has 0 radical (unpaired) electrons. The van der Waals surface area contributed by atoms with Gasteiger partial charge in [-0.1, -0.05) is 18.2 Å². The van der Waals surface area contributed by atoms with Gasteiger partial charge in [-0.3, -0.25) is 9.80 Å². The Morgan fingerprint density at radius 3 is 2.43 bits per heavy atom. The van der Waals surface area contributed by atoms with Crippen LogP contribution >= 0.6 is 0 Å². The number of benzene rings is 1. The van der Waals surface area contributed by atoms with Gasteiger partial charge in [-0.15, -0.1) is 0 Å². The van der Waals surface area contributed by atoms with Crippen molar-refractivity contribution in [3.05, 3.63) is 29.8 Å². The molecule has 4 nitrogen and oxygen atoms in total. The van der Waals surface area contributed by atoms with E-state index in [1.807, 2.05) is 0 Å². The van der Waals surface area contributed by atoms with Gasteiger partial charge in [-0.05, 0) is 40.4 Å². The van der Waals surface area contributed by atoms with Gasteiger partial charge in [0.05, 0.1) is 6.61 Å². The monoisotopic (exact) mass is 319 g/mol. The molecule has 0 saturated carbocycles. The largest absolute Gasteiger partial charge is 0.493 e. The van der Waals surface area contributed by atoms with Crippen LogP contribution in [0.5, 0.6) is 5.75 Å². The molecule has 0 atom stereocenters. The standard InChI is InChI=1S/C19H33N3O/c1-17(2)22-13-11-21(12-14-22)16-18-8-5-6-9-19(18)23-15-7-10-20(3)4/h5-6,8-9,17H,7,10-16H2,1-4H3. The molecule has 0 aromatic heterocycles. The highest BCUT2D eigenvalue weighted by Crippen LogP contribution is 2.21. The number of hydrogen-bond acceptors (Lipinski definition) is 4. The van der Waals surface area contributed by atoms with Gasteiger partial charge in [0.2, 0.25) is 0 Å². The first-order valence-corrected chi connectivity index (χ1v) is 8.88. The third kappa shape index (κ3) is 6.13. The van der Waals surface area contributed by atoms with E-state index in [0.717, 1.165) is 45.0 Å². The van der Waals surface area contributed by atoms with Crippen molar-refractivity contribution in [3.63, 3.8) is 0 Å². The highest BCUT2D eigenvalue weighted by Gasteiger charge is 2.19. The molecule has 0 amide bonds. The molecule has 0 aliphatic carbocycles. The lowest BCUT2D eigenvalue weighted by atomic mass is 10.1. The Morgan fingerprint density at radius 1 is 1.09 bits per heavy atom. The van der Waals surface area contributed by atoms with Crippen LogP contribution in [0.15, 0.2) is 24.3 Å². The minimum Gasteiger partial charge on any atom is -0.493 e. The molecule has 1 aromatic rings. The Labute approximate surface area is 142 Å². The second kappa shape index (κ2) is 9.26. The molecule has 0 N–H and O–H groups in total. The van der Waals surface area contributed by atoms with E-state index in [2.05, 4.69) is 66.9 Å². The number of nitrogens with zero attached hydrogens (tertiary/aromatic N) is 3. The van der Waals surface area contributed by atoms with E-state index in [-0.39, 0.29) is 0 Å². The summed E-state index contributed by atoms with van der Waals surface area (Å²) in [6, 6.07) is 9.16. The fraction of sp³-hybridized carbons (Fsp3) is 0.684. The number of para-hydroxylation sites is 1. The number of rotatable bonds is 8. The predicted octanol–water partition coefficient (Wildman–Crippen LogP) is 2.54. The highest BCUT2D eigenvalue weighted by atomic mass is 16.5. The molecule has 130 valence electrons. The minimum atomic E-state index is 0.657. The molecule has 1 heterocycles. The zero-order chi connectivity index (χ0) is 16.7. The lowest BCUT2D eigenvalue weighted by Crippen LogP contribution is -2.48. The molecule has 0 spiro atoms. The van der Waals surface area contributed by atoms with Gasteiger partial charge in [0.1, 0.15) is 5.75 Å². The quantitative estimate of drug-likeness (QED) is 0.685. The Bertz CT molecular complexity index is 454. The van der Waals surface area contributed by atoms with Gasteiger partial charge >= 0.3 is 0 Å². The van der Waals surface area contributed by atoms with Gasteiger partial charge in [-0.2, -0.15) is 0 Å². The molecular formula is C19H33N3O. The van der Waals surface area contributed by atoms with Crippen LogP contribution in [0.3, 0.4) is 0 Å². The number of piperazine rings is 1. The zero-order valence-electron chi connectivity index (χ0n) is 15.3. The van der Waals surface area contributed by atoms with Crippen LogP contribution in [-0.2, 0) is 6.54 Å². The van der Waals surface area contributed by atoms with E-state index in [1.54, 1.807) is 0 Å². The Balaban J connectivity index is 1.83. The summed E-state index contributed by atoms with van der Waals surface area (Å²) < 4.78 is 6.02. The number of ether oxygens (including phenoxy) is 1. The maximum absolute atomic E-state index is 6.02. The molecule has 4 heteroatoms. The van der Waals surface area contributed by atoms with Crippen molar-refractivity contribution in [1.29, 1.82) is 0 Å². The third-order valence-electron chi connectivity index (χ3n) is 4.51. The molecule has 1 aliphatic heterocycles. The van der Waals surface area contributed by atoms with Crippen molar-refractivity contribution in [1.82, 2.24) is 14.7 Å². The van der Waals surface area contributed by atoms with Crippen LogP contribution in [0.2, 0.25) is 0 Å². The lowest BCUT2D eigenvalue weighted by Gasteiger charge is -2.37. The molecule has 1 aromatic carbocycles. The van der Waals surface area contributed by atoms with Gasteiger partial charge in [0.25, 0.3) is 0 Å². The van der Waals surface area contributed by atoms with Crippen molar-refractivity contribution in [2.24, 2.45) is 0 Å². The fourth-order valence-electron chi connectivity index (χ4n) is 3.02. The van der Waals surface area contributed by atoms with Crippen LogP contribution < -0.4 is 4.74 Å². The van der Waals surface area contributed by atoms with Crippen LogP contribution in [0.25, 0.3) is 0 Å². The van der Waals surface area contributed by atoms with E-state index in [4.69, 9.17) is 4.74 Å². The van der Waals surface area contributed by atoms with Crippen molar-refractivity contribution in [2.75, 3.05) is 53.4 Å². The predicted molar refractivity (Wildman–Crippen MR) is 97.1 cm³/mol. The molecule has 23 heavy (non-hydrogen) atoms. The van der Waals surface area contributed by atoms with E-state index >= 15 is 0 Å². The Kier molecular flexibility index (Phi) is 7.34. The van der Waals surface area contributed by atoms with Gasteiger partial charge in [0, 0.05) is 50.9 Å². The average molecular weight is 319 g/mol. The summed E-state index contributed by atoms with van der Waals surface area (Å²) in [6.45, 7) is 12.1. The van der Waals surface area contributed by atoms with Crippen molar-refractivity contribution >= 4 is 0 Å². The summed E-state index contributed by atoms with van der Waals surface area (Å²) in [5.74, 6) is 1.05. The molecule has 1 saturated heterocycles. The third-order valence-corrected chi connectivity index (χ3v) is 4.51. The zero-order valence-corrected chi connectivity index (χ0v) is 15.3. The smallest absolute Gasteiger partial charge is 0.123 e. The highest BCUT2D eigenvalue weighted by molar-refractivity contribution is 5.33. The SMILES string of the molecule is CC(C)N1CCN(Cc2ccccc2OCCCN(C)C)CC1. The summed E-state index contributed by atoms with van der Waals surface area (Å²) in [5, 5.41) is 0. The molecule has 1 fully saturated rings. The first-order valence-electron chi connectivity index (χ1n) is 8.88. The Morgan fingerprint density at radius 2 is 1.78 bits per heavy atom. The second-order valence-electron chi connectivity index (χ2n) is 7.02. The van der Waals surface area contributed by atoms with E-state index < -0.39 is 0 Å². The summed E-state index contributed by atoms with van der Waals surface area (Å²) in [6.07, 6.45) is 1.06. The lowest BCUT2D eigenvalue weighted by molar-refractivity contribution is 0.103. The van der Waals surface area contributed by atoms with E-state index in [9.17, 15) is 0 Å². The molecule has 0 unspecified atom stereocenters. The second-order valence-corrected chi connectivity index (χ2v) is 7.02. The maximum Gasteiger partial charge on any atom is 0.123 e. The minimum absolute atomic E-state index is 0.657. The van der Waals surface area contributed by atoms with Crippen molar-refractivity contribution in [3.8, 4) is 5.75 Å². The molecule has 1 aliphatic rings. The van der Waals surface area contributed by atoms with Crippen molar-refractivity contribution < 1.29 is 4.74 Å². The summed E-state index contributed by atoms with van der Waals surface area (Å²) in [4.78, 5) is 7.30. The first-order chi connectivity index (χ1) is 11.1. The van der Waals surface area contributed by atoms with E-state index in [1.165, 1.54) is 18.7 Å². The number of hydrogen-bond donors (Lipinski definition) is 0. The maximum atomic E-state index is 6.02. The average Bonchev–Trinajstić information content (AvgIpc) is 2.53. The Hall–Kier alpha value is -1.10. The molecule has 2 rings (SSSR count). The van der Waals surface area contributed by atoms with Crippen molar-refractivity contribution in [2.45, 2.75) is 32.9 Å². The fourth-order valence-corrected chi connectivity index (χ4v) is 3.02. The summed E-state index contributed by atoms with van der Waals surface area (Å²) in [5.41, 5.74) is 1.32.